The SMILES string of the molecule is COC(=O)[C@H](CC(C)C)NC(=O)[C@H](Cc1ccoc1)N(C)C(=O)OC(C)(C)C. The number of carbonyl (C=O) groups excluding carboxylic acids is 3. The molecule has 0 aliphatic carbocycles. The van der Waals surface area contributed by atoms with Crippen LogP contribution in [-0.4, -0.2) is 54.7 Å². The van der Waals surface area contributed by atoms with E-state index in [0.29, 0.717) is 6.42 Å². The molecule has 8 nitrogen and oxygen atoms in total. The van der Waals surface area contributed by atoms with Crippen molar-refractivity contribution in [2.75, 3.05) is 14.2 Å². The molecule has 0 aliphatic heterocycles. The van der Waals surface area contributed by atoms with Crippen LogP contribution in [0.15, 0.2) is 23.0 Å². The van der Waals surface area contributed by atoms with Crippen molar-refractivity contribution < 1.29 is 28.3 Å². The average molecular weight is 396 g/mol. The van der Waals surface area contributed by atoms with Gasteiger partial charge >= 0.3 is 12.1 Å². The Morgan fingerprint density at radius 1 is 1.25 bits per heavy atom. The molecule has 0 saturated heterocycles. The Morgan fingerprint density at radius 3 is 2.36 bits per heavy atom. The molecular weight excluding hydrogens is 364 g/mol. The Bertz CT molecular complexity index is 648. The molecule has 1 rings (SSSR count). The maximum absolute atomic E-state index is 13.0. The number of nitrogens with one attached hydrogen (secondary N) is 1. The lowest BCUT2D eigenvalue weighted by Gasteiger charge is -2.31. The van der Waals surface area contributed by atoms with Crippen LogP contribution in [0.4, 0.5) is 4.79 Å². The van der Waals surface area contributed by atoms with Gasteiger partial charge in [0.25, 0.3) is 0 Å². The molecule has 2 atom stereocenters. The van der Waals surface area contributed by atoms with Crippen LogP contribution in [-0.2, 0) is 25.5 Å². The third-order valence-electron chi connectivity index (χ3n) is 3.97. The summed E-state index contributed by atoms with van der Waals surface area (Å²) in [4.78, 5) is 38.8. The van der Waals surface area contributed by atoms with Gasteiger partial charge in [0.15, 0.2) is 0 Å². The predicted octanol–water partition coefficient (Wildman–Crippen LogP) is 2.76. The topological polar surface area (TPSA) is 98.1 Å². The Morgan fingerprint density at radius 2 is 1.89 bits per heavy atom. The van der Waals surface area contributed by atoms with Crippen molar-refractivity contribution in [2.24, 2.45) is 5.92 Å². The molecule has 0 unspecified atom stereocenters. The van der Waals surface area contributed by atoms with Gasteiger partial charge in [0.05, 0.1) is 19.6 Å². The summed E-state index contributed by atoms with van der Waals surface area (Å²) in [5.74, 6) is -0.824. The molecule has 1 aromatic rings. The minimum atomic E-state index is -0.883. The molecule has 0 bridgehead atoms. The molecule has 2 amide bonds. The molecule has 0 aliphatic rings. The van der Waals surface area contributed by atoms with Crippen LogP contribution >= 0.6 is 0 Å². The van der Waals surface area contributed by atoms with E-state index < -0.39 is 35.7 Å². The zero-order chi connectivity index (χ0) is 21.5. The summed E-state index contributed by atoms with van der Waals surface area (Å²) in [6.07, 6.45) is 3.01. The van der Waals surface area contributed by atoms with E-state index in [1.165, 1.54) is 31.6 Å². The molecular formula is C20H32N2O6. The molecule has 0 fully saturated rings. The lowest BCUT2D eigenvalue weighted by molar-refractivity contribution is -0.146. The Balaban J connectivity index is 3.03. The second-order valence-corrected chi connectivity index (χ2v) is 8.16. The van der Waals surface area contributed by atoms with Gasteiger partial charge in [-0.05, 0) is 44.7 Å². The fraction of sp³-hybridized carbons (Fsp3) is 0.650. The van der Waals surface area contributed by atoms with Crippen molar-refractivity contribution in [2.45, 2.75) is 65.1 Å². The smallest absolute Gasteiger partial charge is 0.410 e. The zero-order valence-corrected chi connectivity index (χ0v) is 17.8. The van der Waals surface area contributed by atoms with Crippen LogP contribution in [0.5, 0.6) is 0 Å². The lowest BCUT2D eigenvalue weighted by Crippen LogP contribution is -2.54. The van der Waals surface area contributed by atoms with Gasteiger partial charge in [0.1, 0.15) is 17.7 Å². The van der Waals surface area contributed by atoms with E-state index in [2.05, 4.69) is 5.32 Å². The highest BCUT2D eigenvalue weighted by molar-refractivity contribution is 5.89. The van der Waals surface area contributed by atoms with Crippen LogP contribution in [0.1, 0.15) is 46.6 Å². The summed E-state index contributed by atoms with van der Waals surface area (Å²) in [6, 6.07) is 0.0397. The van der Waals surface area contributed by atoms with E-state index in [9.17, 15) is 14.4 Å². The van der Waals surface area contributed by atoms with Crippen molar-refractivity contribution in [1.82, 2.24) is 10.2 Å². The van der Waals surface area contributed by atoms with Gasteiger partial charge < -0.3 is 19.2 Å². The number of carbonyl (C=O) groups is 3. The Kier molecular flexibility index (Phi) is 8.53. The number of furan rings is 1. The molecule has 0 saturated carbocycles. The summed E-state index contributed by atoms with van der Waals surface area (Å²) in [6.45, 7) is 9.13. The van der Waals surface area contributed by atoms with Gasteiger partial charge in [-0.25, -0.2) is 9.59 Å². The highest BCUT2D eigenvalue weighted by Gasteiger charge is 2.33. The number of ether oxygens (including phenoxy) is 2. The molecule has 0 aromatic carbocycles. The van der Waals surface area contributed by atoms with E-state index in [4.69, 9.17) is 13.9 Å². The second kappa shape index (κ2) is 10.1. The first kappa shape index (κ1) is 23.5. The number of hydrogen-bond donors (Lipinski definition) is 1. The molecule has 0 spiro atoms. The summed E-state index contributed by atoms with van der Waals surface area (Å²) in [7, 11) is 2.77. The van der Waals surface area contributed by atoms with Crippen molar-refractivity contribution in [3.63, 3.8) is 0 Å². The quantitative estimate of drug-likeness (QED) is 0.679. The van der Waals surface area contributed by atoms with Gasteiger partial charge in [-0.15, -0.1) is 0 Å². The van der Waals surface area contributed by atoms with Gasteiger partial charge in [-0.2, -0.15) is 0 Å². The predicted molar refractivity (Wildman–Crippen MR) is 104 cm³/mol. The lowest BCUT2D eigenvalue weighted by atomic mass is 10.0. The number of likely N-dealkylation sites (N-methyl/N-ethyl adjacent to an activating group) is 1. The van der Waals surface area contributed by atoms with E-state index >= 15 is 0 Å². The first-order valence-corrected chi connectivity index (χ1v) is 9.29. The summed E-state index contributed by atoms with van der Waals surface area (Å²) in [5, 5.41) is 2.72. The third kappa shape index (κ3) is 7.62. The standard InChI is InChI=1S/C20H32N2O6/c1-13(2)10-15(18(24)26-7)21-17(23)16(11-14-8-9-27-12-14)22(6)19(25)28-20(3,4)5/h8-9,12-13,15-16H,10-11H2,1-7H3,(H,21,23)/t15-,16-/m0/s1. The van der Waals surface area contributed by atoms with E-state index in [0.717, 1.165) is 5.56 Å². The van der Waals surface area contributed by atoms with Crippen LogP contribution in [0.25, 0.3) is 0 Å². The van der Waals surface area contributed by atoms with Crippen molar-refractivity contribution in [3.8, 4) is 0 Å². The second-order valence-electron chi connectivity index (χ2n) is 8.16. The molecule has 28 heavy (non-hydrogen) atoms. The average Bonchev–Trinajstić information content (AvgIpc) is 3.08. The van der Waals surface area contributed by atoms with Crippen molar-refractivity contribution in [3.05, 3.63) is 24.2 Å². The minimum absolute atomic E-state index is 0.167. The van der Waals surface area contributed by atoms with Crippen LogP contribution in [0.3, 0.4) is 0 Å². The number of esters is 1. The molecule has 8 heteroatoms. The molecule has 1 aromatic heterocycles. The fourth-order valence-electron chi connectivity index (χ4n) is 2.59. The summed E-state index contributed by atoms with van der Waals surface area (Å²) < 4.78 is 15.2. The number of rotatable bonds is 8. The largest absolute Gasteiger partial charge is 0.472 e. The number of nitrogens with zero attached hydrogens (tertiary/aromatic N) is 1. The van der Waals surface area contributed by atoms with Crippen molar-refractivity contribution >= 4 is 18.0 Å². The first-order chi connectivity index (χ1) is 12.9. The highest BCUT2D eigenvalue weighted by Crippen LogP contribution is 2.15. The fourth-order valence-corrected chi connectivity index (χ4v) is 2.59. The zero-order valence-electron chi connectivity index (χ0n) is 17.8. The first-order valence-electron chi connectivity index (χ1n) is 9.29. The van der Waals surface area contributed by atoms with Gasteiger partial charge in [0.2, 0.25) is 5.91 Å². The summed E-state index contributed by atoms with van der Waals surface area (Å²) in [5.41, 5.74) is 0.0443. The number of amides is 2. The minimum Gasteiger partial charge on any atom is -0.472 e. The number of methoxy groups -OCH3 is 1. The molecule has 1 heterocycles. The van der Waals surface area contributed by atoms with Gasteiger partial charge in [-0.1, -0.05) is 13.8 Å². The van der Waals surface area contributed by atoms with Gasteiger partial charge in [0, 0.05) is 13.5 Å². The normalized spacial score (nSPS) is 13.6. The van der Waals surface area contributed by atoms with Crippen LogP contribution in [0.2, 0.25) is 0 Å². The Hall–Kier alpha value is -2.51. The monoisotopic (exact) mass is 396 g/mol. The molecule has 0 radical (unpaired) electrons. The van der Waals surface area contributed by atoms with Crippen LogP contribution < -0.4 is 5.32 Å². The highest BCUT2D eigenvalue weighted by atomic mass is 16.6. The third-order valence-corrected chi connectivity index (χ3v) is 3.97. The van der Waals surface area contributed by atoms with E-state index in [-0.39, 0.29) is 12.3 Å². The van der Waals surface area contributed by atoms with Crippen molar-refractivity contribution in [1.29, 1.82) is 0 Å². The molecule has 1 N–H and O–H groups in total. The maximum Gasteiger partial charge on any atom is 0.410 e. The maximum atomic E-state index is 13.0. The number of hydrogen-bond acceptors (Lipinski definition) is 6. The van der Waals surface area contributed by atoms with E-state index in [1.807, 2.05) is 13.8 Å². The molecule has 158 valence electrons. The van der Waals surface area contributed by atoms with Gasteiger partial charge in [-0.3, -0.25) is 9.69 Å². The summed E-state index contributed by atoms with van der Waals surface area (Å²) >= 11 is 0. The van der Waals surface area contributed by atoms with Crippen LogP contribution in [0, 0.1) is 5.92 Å². The Labute approximate surface area is 166 Å². The van der Waals surface area contributed by atoms with E-state index in [1.54, 1.807) is 26.8 Å².